The molecule has 2 aliphatic heterocycles. The van der Waals surface area contributed by atoms with E-state index in [1.54, 1.807) is 20.8 Å². The second kappa shape index (κ2) is 19.5. The molecule has 57 heavy (non-hydrogen) atoms. The largest absolute Gasteiger partial charge is 0.447 e. The number of carbonyl (C=O) groups excluding carboxylic acids is 6. The number of ether oxygens (including phenoxy) is 2. The molecule has 1 N–H and O–H groups in total. The Bertz CT molecular complexity index is 1720. The zero-order chi connectivity index (χ0) is 42.9. The lowest BCUT2D eigenvalue weighted by Crippen LogP contribution is -2.52. The average molecular weight is 809 g/mol. The van der Waals surface area contributed by atoms with Crippen LogP contribution < -0.4 is 0 Å². The molecule has 0 spiro atoms. The van der Waals surface area contributed by atoms with Gasteiger partial charge in [-0.15, -0.1) is 0 Å². The van der Waals surface area contributed by atoms with E-state index in [1.165, 1.54) is 4.90 Å². The van der Waals surface area contributed by atoms with E-state index in [2.05, 4.69) is 33.9 Å². The number of amides is 4. The SMILES string of the molecule is CCC(=O)C(C)(C)[C@@H](O)CC(=O)N1C(=O)OC[C@@H]1Cc1ccccc1.CCC(=O)C(C)(C)[C@H](CC(=O)N1C(=O)OC[C@@H]1Cc1ccccc1)O[Si](C)(C)C(C)(C)C. The molecule has 4 atom stereocenters. The van der Waals surface area contributed by atoms with Crippen molar-refractivity contribution in [3.63, 3.8) is 0 Å². The van der Waals surface area contributed by atoms with Crippen molar-refractivity contribution in [1.29, 1.82) is 0 Å². The molecular weight excluding hydrogens is 745 g/mol. The first kappa shape index (κ1) is 47.2. The van der Waals surface area contributed by atoms with E-state index < -0.39 is 55.5 Å². The molecule has 0 aliphatic carbocycles. The Morgan fingerprint density at radius 2 is 1.09 bits per heavy atom. The van der Waals surface area contributed by atoms with E-state index in [1.807, 2.05) is 81.4 Å². The second-order valence-electron chi connectivity index (χ2n) is 17.7. The number of carbonyl (C=O) groups is 6. The van der Waals surface area contributed by atoms with Crippen LogP contribution >= 0.6 is 0 Å². The molecule has 2 aliphatic rings. The highest BCUT2D eigenvalue weighted by atomic mass is 28.4. The van der Waals surface area contributed by atoms with Crippen LogP contribution in [-0.2, 0) is 45.9 Å². The van der Waals surface area contributed by atoms with Crippen LogP contribution in [0.4, 0.5) is 9.59 Å². The van der Waals surface area contributed by atoms with Crippen molar-refractivity contribution in [3.05, 3.63) is 71.8 Å². The van der Waals surface area contributed by atoms with Gasteiger partial charge in [0, 0.05) is 23.7 Å². The predicted octanol–water partition coefficient (Wildman–Crippen LogP) is 7.70. The van der Waals surface area contributed by atoms with Gasteiger partial charge < -0.3 is 19.0 Å². The number of aliphatic hydroxyl groups excluding tert-OH is 1. The fraction of sp³-hybridized carbons (Fsp3) is 0.591. The summed E-state index contributed by atoms with van der Waals surface area (Å²) in [5.74, 6) is -0.960. The number of nitrogens with zero attached hydrogens (tertiary/aromatic N) is 2. The van der Waals surface area contributed by atoms with Gasteiger partial charge in [-0.2, -0.15) is 0 Å². The lowest BCUT2D eigenvalue weighted by molar-refractivity contribution is -0.140. The number of hydrogen-bond acceptors (Lipinski definition) is 10. The number of cyclic esters (lactones) is 2. The quantitative estimate of drug-likeness (QED) is 0.167. The third kappa shape index (κ3) is 11.9. The summed E-state index contributed by atoms with van der Waals surface area (Å²) in [6, 6.07) is 18.5. The van der Waals surface area contributed by atoms with Crippen LogP contribution in [0.5, 0.6) is 0 Å². The summed E-state index contributed by atoms with van der Waals surface area (Å²) in [4.78, 5) is 77.5. The number of benzene rings is 2. The third-order valence-corrected chi connectivity index (χ3v) is 16.3. The van der Waals surface area contributed by atoms with Crippen LogP contribution in [0.1, 0.15) is 99.1 Å². The standard InChI is InChI=1S/C25H39NO5Si.C19H25NO5/c1-9-20(27)25(5,6)21(31-32(7,8)24(2,3)4)16-22(28)26-19(17-30-23(26)29)15-18-13-11-10-12-14-18;1-4-15(21)19(2,3)16(22)11-17(23)20-14(12-25-18(20)24)10-13-8-6-5-7-9-13/h10-14,19,21H,9,15-17H2,1-8H3;5-9,14,16,22H,4,10-12H2,1-3H3/t19-,21-;14-,16-/m00/s1. The maximum Gasteiger partial charge on any atom is 0.416 e. The van der Waals surface area contributed by atoms with Crippen molar-refractivity contribution >= 4 is 43.9 Å². The van der Waals surface area contributed by atoms with Crippen molar-refractivity contribution in [1.82, 2.24) is 9.80 Å². The molecule has 0 bridgehead atoms. The molecule has 2 fully saturated rings. The number of Topliss-reactive ketones (excluding diaryl/α,β-unsaturated/α-hetero) is 2. The minimum absolute atomic E-state index is 0.0361. The Morgan fingerprint density at radius 1 is 0.702 bits per heavy atom. The Kier molecular flexibility index (Phi) is 16.1. The topological polar surface area (TPSA) is 157 Å². The van der Waals surface area contributed by atoms with Gasteiger partial charge in [-0.1, -0.05) is 123 Å². The van der Waals surface area contributed by atoms with E-state index in [0.717, 1.165) is 16.0 Å². The van der Waals surface area contributed by atoms with Crippen molar-refractivity contribution in [2.75, 3.05) is 13.2 Å². The fourth-order valence-electron chi connectivity index (χ4n) is 6.63. The van der Waals surface area contributed by atoms with E-state index in [9.17, 15) is 33.9 Å². The minimum Gasteiger partial charge on any atom is -0.447 e. The van der Waals surface area contributed by atoms with Gasteiger partial charge in [-0.05, 0) is 42.1 Å². The molecule has 2 aromatic rings. The number of hydrogen-bond donors (Lipinski definition) is 1. The van der Waals surface area contributed by atoms with Gasteiger partial charge in [0.25, 0.3) is 0 Å². The van der Waals surface area contributed by atoms with Crippen LogP contribution in [0, 0.1) is 10.8 Å². The maximum absolute atomic E-state index is 13.4. The zero-order valence-electron chi connectivity index (χ0n) is 35.8. The van der Waals surface area contributed by atoms with Gasteiger partial charge in [-0.25, -0.2) is 19.4 Å². The molecule has 13 heteroatoms. The predicted molar refractivity (Wildman–Crippen MR) is 220 cm³/mol. The first-order valence-electron chi connectivity index (χ1n) is 20.0. The van der Waals surface area contributed by atoms with Crippen LogP contribution in [0.15, 0.2) is 60.7 Å². The summed E-state index contributed by atoms with van der Waals surface area (Å²) in [6.45, 7) is 21.3. The van der Waals surface area contributed by atoms with Gasteiger partial charge >= 0.3 is 12.2 Å². The molecule has 0 unspecified atom stereocenters. The lowest BCUT2D eigenvalue weighted by Gasteiger charge is -2.43. The van der Waals surface area contributed by atoms with Gasteiger partial charge in [0.05, 0.1) is 37.1 Å². The summed E-state index contributed by atoms with van der Waals surface area (Å²) >= 11 is 0. The second-order valence-corrected chi connectivity index (χ2v) is 22.4. The lowest BCUT2D eigenvalue weighted by atomic mass is 9.79. The van der Waals surface area contributed by atoms with Crippen LogP contribution in [0.25, 0.3) is 0 Å². The molecule has 0 radical (unpaired) electrons. The first-order chi connectivity index (χ1) is 26.5. The molecule has 4 amide bonds. The number of ketones is 2. The normalized spacial score (nSPS) is 18.6. The number of aliphatic hydroxyl groups is 1. The maximum atomic E-state index is 13.4. The molecule has 12 nitrogen and oxygen atoms in total. The highest BCUT2D eigenvalue weighted by Gasteiger charge is 2.48. The van der Waals surface area contributed by atoms with Gasteiger partial charge in [0.2, 0.25) is 11.8 Å². The summed E-state index contributed by atoms with van der Waals surface area (Å²) in [6.07, 6.45) is -1.76. The molecule has 314 valence electrons. The van der Waals surface area contributed by atoms with Crippen molar-refractivity contribution in [2.24, 2.45) is 10.8 Å². The minimum atomic E-state index is -2.28. The summed E-state index contributed by atoms with van der Waals surface area (Å²) in [7, 11) is -2.28. The molecule has 2 saturated heterocycles. The number of imide groups is 2. The molecule has 2 heterocycles. The van der Waals surface area contributed by atoms with Crippen LogP contribution in [0.3, 0.4) is 0 Å². The highest BCUT2D eigenvalue weighted by Crippen LogP contribution is 2.41. The number of rotatable bonds is 16. The van der Waals surface area contributed by atoms with E-state index >= 15 is 0 Å². The van der Waals surface area contributed by atoms with Crippen molar-refractivity contribution < 1.29 is 47.8 Å². The monoisotopic (exact) mass is 808 g/mol. The fourth-order valence-corrected chi connectivity index (χ4v) is 8.08. The van der Waals surface area contributed by atoms with E-state index in [0.29, 0.717) is 19.3 Å². The van der Waals surface area contributed by atoms with Crippen LogP contribution in [0.2, 0.25) is 18.1 Å². The summed E-state index contributed by atoms with van der Waals surface area (Å²) in [5.41, 5.74) is 0.136. The third-order valence-electron chi connectivity index (χ3n) is 11.8. The Balaban J connectivity index is 0.000000315. The Labute approximate surface area is 339 Å². The van der Waals surface area contributed by atoms with Crippen molar-refractivity contribution in [3.8, 4) is 0 Å². The summed E-state index contributed by atoms with van der Waals surface area (Å²) < 4.78 is 16.9. The molecule has 0 aromatic heterocycles. The smallest absolute Gasteiger partial charge is 0.416 e. The van der Waals surface area contributed by atoms with Gasteiger partial charge in [-0.3, -0.25) is 19.2 Å². The summed E-state index contributed by atoms with van der Waals surface area (Å²) in [5, 5.41) is 10.3. The zero-order valence-corrected chi connectivity index (χ0v) is 36.8. The Hall–Kier alpha value is -4.20. The Morgan fingerprint density at radius 3 is 1.47 bits per heavy atom. The molecule has 2 aromatic carbocycles. The van der Waals surface area contributed by atoms with Crippen molar-refractivity contribution in [2.45, 2.75) is 143 Å². The molecule has 4 rings (SSSR count). The van der Waals surface area contributed by atoms with E-state index in [-0.39, 0.29) is 61.0 Å². The average Bonchev–Trinajstić information content (AvgIpc) is 3.71. The first-order valence-corrected chi connectivity index (χ1v) is 22.9. The van der Waals surface area contributed by atoms with Gasteiger partial charge in [0.15, 0.2) is 8.32 Å². The molecule has 0 saturated carbocycles. The molecular formula is C44H64N2O10Si. The van der Waals surface area contributed by atoms with E-state index in [4.69, 9.17) is 13.9 Å². The van der Waals surface area contributed by atoms with Gasteiger partial charge in [0.1, 0.15) is 24.8 Å². The highest BCUT2D eigenvalue weighted by molar-refractivity contribution is 6.74. The van der Waals surface area contributed by atoms with Crippen LogP contribution in [-0.4, -0.2) is 96.3 Å².